The van der Waals surface area contributed by atoms with Gasteiger partial charge in [0.05, 0.1) is 16.7 Å². The smallest absolute Gasteiger partial charge is 0.115 e. The summed E-state index contributed by atoms with van der Waals surface area (Å²) in [5, 5.41) is 0. The van der Waals surface area contributed by atoms with Crippen LogP contribution in [0.4, 0.5) is 0 Å². The Balaban J connectivity index is 2.38. The second kappa shape index (κ2) is 5.82. The van der Waals surface area contributed by atoms with Gasteiger partial charge in [0.1, 0.15) is 5.82 Å². The SMILES string of the molecule is Cc1ccc(Br)cc1-n1c(CCCl)nc2cccc(C)c21. The molecule has 0 amide bonds. The second-order valence-corrected chi connectivity index (χ2v) is 6.47. The first kappa shape index (κ1) is 14.6. The summed E-state index contributed by atoms with van der Waals surface area (Å²) >= 11 is 9.54. The van der Waals surface area contributed by atoms with Crippen molar-refractivity contribution in [3.8, 4) is 5.69 Å². The predicted molar refractivity (Wildman–Crippen MR) is 92.7 cm³/mol. The molecule has 21 heavy (non-hydrogen) atoms. The van der Waals surface area contributed by atoms with Crippen LogP contribution in [0.2, 0.25) is 0 Å². The molecule has 0 saturated heterocycles. The lowest BCUT2D eigenvalue weighted by Gasteiger charge is -2.13. The lowest BCUT2D eigenvalue weighted by atomic mass is 10.1. The normalized spacial score (nSPS) is 11.2. The van der Waals surface area contributed by atoms with Crippen LogP contribution in [-0.2, 0) is 6.42 Å². The van der Waals surface area contributed by atoms with E-state index in [1.54, 1.807) is 0 Å². The summed E-state index contributed by atoms with van der Waals surface area (Å²) in [5.41, 5.74) is 5.78. The van der Waals surface area contributed by atoms with E-state index in [0.717, 1.165) is 27.9 Å². The van der Waals surface area contributed by atoms with Gasteiger partial charge in [-0.1, -0.05) is 34.1 Å². The van der Waals surface area contributed by atoms with E-state index in [1.165, 1.54) is 16.6 Å². The zero-order chi connectivity index (χ0) is 15.0. The number of halogens is 2. The Morgan fingerprint density at radius 1 is 1.14 bits per heavy atom. The molecule has 2 aromatic carbocycles. The van der Waals surface area contributed by atoms with Crippen molar-refractivity contribution in [2.45, 2.75) is 20.3 Å². The van der Waals surface area contributed by atoms with Crippen molar-refractivity contribution in [2.75, 3.05) is 5.88 Å². The van der Waals surface area contributed by atoms with Gasteiger partial charge >= 0.3 is 0 Å². The molecule has 3 aromatic rings. The molecule has 108 valence electrons. The monoisotopic (exact) mass is 362 g/mol. The van der Waals surface area contributed by atoms with E-state index in [9.17, 15) is 0 Å². The number of alkyl halides is 1. The number of rotatable bonds is 3. The lowest BCUT2D eigenvalue weighted by molar-refractivity contribution is 0.905. The molecule has 2 nitrogen and oxygen atoms in total. The highest BCUT2D eigenvalue weighted by Crippen LogP contribution is 2.28. The van der Waals surface area contributed by atoms with Crippen LogP contribution in [-0.4, -0.2) is 15.4 Å². The van der Waals surface area contributed by atoms with E-state index < -0.39 is 0 Å². The molecule has 0 spiro atoms. The van der Waals surface area contributed by atoms with Gasteiger partial charge in [0, 0.05) is 16.8 Å². The molecule has 0 fully saturated rings. The molecule has 0 N–H and O–H groups in total. The molecule has 0 aliphatic carbocycles. The van der Waals surface area contributed by atoms with Crippen molar-refractivity contribution >= 4 is 38.6 Å². The van der Waals surface area contributed by atoms with Crippen LogP contribution in [0.1, 0.15) is 17.0 Å². The van der Waals surface area contributed by atoms with Crippen LogP contribution in [0.3, 0.4) is 0 Å². The van der Waals surface area contributed by atoms with E-state index in [4.69, 9.17) is 16.6 Å². The number of benzene rings is 2. The minimum Gasteiger partial charge on any atom is -0.296 e. The molecule has 0 aliphatic heterocycles. The number of nitrogens with zero attached hydrogens (tertiary/aromatic N) is 2. The molecule has 1 aromatic heterocycles. The predicted octanol–water partition coefficient (Wildman–Crippen LogP) is 5.19. The summed E-state index contributed by atoms with van der Waals surface area (Å²) in [7, 11) is 0. The molecule has 0 unspecified atom stereocenters. The Kier molecular flexibility index (Phi) is 4.05. The van der Waals surface area contributed by atoms with Gasteiger partial charge in [0.25, 0.3) is 0 Å². The Morgan fingerprint density at radius 2 is 1.95 bits per heavy atom. The summed E-state index contributed by atoms with van der Waals surface area (Å²) in [6.45, 7) is 4.24. The molecule has 0 saturated carbocycles. The van der Waals surface area contributed by atoms with Gasteiger partial charge in [-0.05, 0) is 43.2 Å². The summed E-state index contributed by atoms with van der Waals surface area (Å²) in [5.74, 6) is 1.57. The van der Waals surface area contributed by atoms with Gasteiger partial charge in [-0.15, -0.1) is 11.6 Å². The average molecular weight is 364 g/mol. The number of fused-ring (bicyclic) bond motifs is 1. The van der Waals surface area contributed by atoms with Gasteiger partial charge in [-0.25, -0.2) is 4.98 Å². The van der Waals surface area contributed by atoms with Crippen molar-refractivity contribution in [1.29, 1.82) is 0 Å². The van der Waals surface area contributed by atoms with E-state index in [-0.39, 0.29) is 0 Å². The number of hydrogen-bond acceptors (Lipinski definition) is 1. The van der Waals surface area contributed by atoms with E-state index in [1.807, 2.05) is 6.07 Å². The standard InChI is InChI=1S/C17H16BrClN2/c1-11-6-7-13(18)10-15(11)21-16(8-9-19)20-14-5-3-4-12(2)17(14)21/h3-7,10H,8-9H2,1-2H3. The van der Waals surface area contributed by atoms with Crippen molar-refractivity contribution in [1.82, 2.24) is 9.55 Å². The van der Waals surface area contributed by atoms with Crippen molar-refractivity contribution < 1.29 is 0 Å². The van der Waals surface area contributed by atoms with Crippen LogP contribution in [0.5, 0.6) is 0 Å². The summed E-state index contributed by atoms with van der Waals surface area (Å²) in [6, 6.07) is 12.6. The van der Waals surface area contributed by atoms with Crippen LogP contribution in [0.15, 0.2) is 40.9 Å². The topological polar surface area (TPSA) is 17.8 Å². The zero-order valence-corrected chi connectivity index (χ0v) is 14.4. The summed E-state index contributed by atoms with van der Waals surface area (Å²) < 4.78 is 3.31. The van der Waals surface area contributed by atoms with Crippen molar-refractivity contribution in [2.24, 2.45) is 0 Å². The molecular formula is C17H16BrClN2. The summed E-state index contributed by atoms with van der Waals surface area (Å²) in [6.07, 6.45) is 0.752. The maximum atomic E-state index is 5.97. The molecule has 0 radical (unpaired) electrons. The molecule has 0 bridgehead atoms. The molecule has 1 heterocycles. The first-order valence-corrected chi connectivity index (χ1v) is 8.24. The van der Waals surface area contributed by atoms with E-state index in [2.05, 4.69) is 64.7 Å². The Labute approximate surface area is 137 Å². The first-order valence-electron chi connectivity index (χ1n) is 6.91. The quantitative estimate of drug-likeness (QED) is 0.586. The Morgan fingerprint density at radius 3 is 2.71 bits per heavy atom. The largest absolute Gasteiger partial charge is 0.296 e. The number of aryl methyl sites for hydroxylation is 3. The fourth-order valence-corrected chi connectivity index (χ4v) is 3.20. The van der Waals surface area contributed by atoms with Gasteiger partial charge < -0.3 is 0 Å². The van der Waals surface area contributed by atoms with E-state index >= 15 is 0 Å². The summed E-state index contributed by atoms with van der Waals surface area (Å²) in [4.78, 5) is 4.77. The highest BCUT2D eigenvalue weighted by atomic mass is 79.9. The number of imidazole rings is 1. The van der Waals surface area contributed by atoms with Crippen molar-refractivity contribution in [3.05, 3.63) is 57.8 Å². The second-order valence-electron chi connectivity index (χ2n) is 5.18. The molecular weight excluding hydrogens is 348 g/mol. The van der Waals surface area contributed by atoms with Crippen LogP contribution >= 0.6 is 27.5 Å². The number of aromatic nitrogens is 2. The first-order chi connectivity index (χ1) is 10.1. The van der Waals surface area contributed by atoms with Crippen LogP contribution in [0, 0.1) is 13.8 Å². The van der Waals surface area contributed by atoms with Gasteiger partial charge in [-0.2, -0.15) is 0 Å². The minimum absolute atomic E-state index is 0.565. The van der Waals surface area contributed by atoms with Gasteiger partial charge in [-0.3, -0.25) is 4.57 Å². The fraction of sp³-hybridized carbons (Fsp3) is 0.235. The highest BCUT2D eigenvalue weighted by molar-refractivity contribution is 9.10. The van der Waals surface area contributed by atoms with Crippen LogP contribution in [0.25, 0.3) is 16.7 Å². The zero-order valence-electron chi connectivity index (χ0n) is 12.0. The Bertz CT molecular complexity index is 808. The van der Waals surface area contributed by atoms with Gasteiger partial charge in [0.2, 0.25) is 0 Å². The molecule has 0 aliphatic rings. The Hall–Kier alpha value is -1.32. The molecule has 0 atom stereocenters. The minimum atomic E-state index is 0.565. The van der Waals surface area contributed by atoms with E-state index in [0.29, 0.717) is 5.88 Å². The van der Waals surface area contributed by atoms with Crippen molar-refractivity contribution in [3.63, 3.8) is 0 Å². The number of para-hydroxylation sites is 1. The number of hydrogen-bond donors (Lipinski definition) is 0. The third-order valence-electron chi connectivity index (χ3n) is 3.68. The van der Waals surface area contributed by atoms with Gasteiger partial charge in [0.15, 0.2) is 0 Å². The third kappa shape index (κ3) is 2.60. The third-order valence-corrected chi connectivity index (χ3v) is 4.36. The molecule has 3 rings (SSSR count). The lowest BCUT2D eigenvalue weighted by Crippen LogP contribution is -2.04. The van der Waals surface area contributed by atoms with Crippen LogP contribution < -0.4 is 0 Å². The maximum absolute atomic E-state index is 5.97. The maximum Gasteiger partial charge on any atom is 0.115 e. The average Bonchev–Trinajstić information content (AvgIpc) is 2.81. The fourth-order valence-electron chi connectivity index (χ4n) is 2.68. The highest BCUT2D eigenvalue weighted by Gasteiger charge is 2.15. The molecule has 4 heteroatoms.